The van der Waals surface area contributed by atoms with Crippen molar-refractivity contribution in [2.45, 2.75) is 140 Å². The lowest BCUT2D eigenvalue weighted by atomic mass is 10.1. The molecule has 0 saturated carbocycles. The fraction of sp³-hybridized carbons (Fsp3) is 0.722. The molecule has 6 saturated heterocycles. The van der Waals surface area contributed by atoms with Crippen molar-refractivity contribution in [2.24, 2.45) is 0 Å². The Morgan fingerprint density at radius 2 is 0.938 bits per heavy atom. The minimum Gasteiger partial charge on any atom is -0.348 e. The SMILES string of the molecule is CC1(C)O[C@@H]2[C@H](O1)[C@@H](OC/C=C/c1ccccc1/C=C/CO[C@H]1O[C@H]([C@H]3COC(C)(C)O3)[C@@H]3OC(C)(C)O[C@H]13)O[C@@H]2[C@H]1COC(C)(C)O1. The minimum absolute atomic E-state index is 0.269. The molecule has 6 aliphatic heterocycles. The average Bonchev–Trinajstić information content (AvgIpc) is 3.82. The molecule has 10 atom stereocenters. The minimum atomic E-state index is -0.739. The molecular weight excluding hydrogens is 624 g/mol. The Kier molecular flexibility index (Phi) is 9.44. The van der Waals surface area contributed by atoms with Crippen LogP contribution in [0.1, 0.15) is 66.5 Å². The molecule has 7 rings (SSSR count). The molecule has 266 valence electrons. The van der Waals surface area contributed by atoms with Crippen molar-refractivity contribution in [1.29, 1.82) is 0 Å². The van der Waals surface area contributed by atoms with Gasteiger partial charge in [-0.1, -0.05) is 48.6 Å². The van der Waals surface area contributed by atoms with Gasteiger partial charge in [0.25, 0.3) is 0 Å². The zero-order valence-electron chi connectivity index (χ0n) is 29.1. The molecule has 6 heterocycles. The first-order valence-electron chi connectivity index (χ1n) is 17.0. The van der Waals surface area contributed by atoms with Gasteiger partial charge in [0.1, 0.15) is 48.8 Å². The Morgan fingerprint density at radius 1 is 0.542 bits per heavy atom. The second-order valence-corrected chi connectivity index (χ2v) is 14.9. The van der Waals surface area contributed by atoms with Gasteiger partial charge in [-0.15, -0.1) is 0 Å². The van der Waals surface area contributed by atoms with E-state index in [0.29, 0.717) is 26.4 Å². The van der Waals surface area contributed by atoms with E-state index in [1.807, 2.05) is 91.8 Å². The Labute approximate surface area is 282 Å². The Hall–Kier alpha value is -1.78. The largest absolute Gasteiger partial charge is 0.348 e. The zero-order chi connectivity index (χ0) is 33.9. The van der Waals surface area contributed by atoms with E-state index in [0.717, 1.165) is 11.1 Å². The van der Waals surface area contributed by atoms with Crippen molar-refractivity contribution >= 4 is 12.2 Å². The molecule has 6 fully saturated rings. The summed E-state index contributed by atoms with van der Waals surface area (Å²) in [6.07, 6.45) is 4.19. The molecule has 0 spiro atoms. The molecule has 12 heteroatoms. The number of hydrogen-bond donors (Lipinski definition) is 0. The molecule has 0 amide bonds. The van der Waals surface area contributed by atoms with Crippen molar-refractivity contribution in [3.63, 3.8) is 0 Å². The van der Waals surface area contributed by atoms with Crippen LogP contribution >= 0.6 is 0 Å². The predicted octanol–water partition coefficient (Wildman–Crippen LogP) is 4.54. The van der Waals surface area contributed by atoms with E-state index in [1.54, 1.807) is 0 Å². The van der Waals surface area contributed by atoms with Crippen LogP contribution in [-0.2, 0) is 56.8 Å². The summed E-state index contributed by atoms with van der Waals surface area (Å²) in [7, 11) is 0. The molecule has 0 radical (unpaired) electrons. The van der Waals surface area contributed by atoms with Crippen LogP contribution in [0.5, 0.6) is 0 Å². The van der Waals surface area contributed by atoms with E-state index in [4.69, 9.17) is 56.8 Å². The lowest BCUT2D eigenvalue weighted by Gasteiger charge is -2.26. The molecule has 1 aromatic rings. The summed E-state index contributed by atoms with van der Waals surface area (Å²) in [4.78, 5) is 0. The highest BCUT2D eigenvalue weighted by molar-refractivity contribution is 5.65. The maximum Gasteiger partial charge on any atom is 0.187 e. The van der Waals surface area contributed by atoms with Gasteiger partial charge < -0.3 is 56.8 Å². The Morgan fingerprint density at radius 3 is 1.31 bits per heavy atom. The van der Waals surface area contributed by atoms with E-state index in [-0.39, 0.29) is 48.8 Å². The van der Waals surface area contributed by atoms with Crippen molar-refractivity contribution in [1.82, 2.24) is 0 Å². The van der Waals surface area contributed by atoms with Crippen LogP contribution in [0.2, 0.25) is 0 Å². The van der Waals surface area contributed by atoms with Gasteiger partial charge in [-0.25, -0.2) is 0 Å². The highest BCUT2D eigenvalue weighted by atomic mass is 16.8. The predicted molar refractivity (Wildman–Crippen MR) is 171 cm³/mol. The van der Waals surface area contributed by atoms with E-state index in [2.05, 4.69) is 12.1 Å². The van der Waals surface area contributed by atoms with Crippen LogP contribution in [0.4, 0.5) is 0 Å². The number of hydrogen-bond acceptors (Lipinski definition) is 12. The van der Waals surface area contributed by atoms with Crippen LogP contribution in [-0.4, -0.2) is 111 Å². The van der Waals surface area contributed by atoms with Crippen molar-refractivity contribution in [2.75, 3.05) is 26.4 Å². The maximum atomic E-state index is 6.29. The third kappa shape index (κ3) is 7.46. The third-order valence-electron chi connectivity index (χ3n) is 9.19. The average molecular weight is 675 g/mol. The third-order valence-corrected chi connectivity index (χ3v) is 9.19. The van der Waals surface area contributed by atoms with Crippen molar-refractivity contribution < 1.29 is 56.8 Å². The molecule has 6 aliphatic rings. The molecule has 12 nitrogen and oxygen atoms in total. The lowest BCUT2D eigenvalue weighted by Crippen LogP contribution is -2.40. The molecule has 0 bridgehead atoms. The molecular formula is C36H50O12. The summed E-state index contributed by atoms with van der Waals surface area (Å²) in [6.45, 7) is 16.7. The number of rotatable bonds is 10. The van der Waals surface area contributed by atoms with E-state index < -0.39 is 35.7 Å². The molecule has 0 aliphatic carbocycles. The number of fused-ring (bicyclic) bond motifs is 2. The molecule has 0 aromatic heterocycles. The van der Waals surface area contributed by atoms with E-state index >= 15 is 0 Å². The van der Waals surface area contributed by atoms with Gasteiger partial charge in [0.2, 0.25) is 0 Å². The molecule has 0 N–H and O–H groups in total. The Balaban J connectivity index is 0.930. The van der Waals surface area contributed by atoms with Gasteiger partial charge in [-0.05, 0) is 66.5 Å². The zero-order valence-corrected chi connectivity index (χ0v) is 29.1. The van der Waals surface area contributed by atoms with Gasteiger partial charge in [-0.3, -0.25) is 0 Å². The second-order valence-electron chi connectivity index (χ2n) is 14.9. The molecule has 48 heavy (non-hydrogen) atoms. The molecule has 1 aromatic carbocycles. The van der Waals surface area contributed by atoms with Crippen LogP contribution in [0.15, 0.2) is 36.4 Å². The summed E-state index contributed by atoms with van der Waals surface area (Å²) < 4.78 is 73.4. The second kappa shape index (κ2) is 13.1. The topological polar surface area (TPSA) is 111 Å². The van der Waals surface area contributed by atoms with Crippen molar-refractivity contribution in [3.8, 4) is 0 Å². The fourth-order valence-electron chi connectivity index (χ4n) is 7.27. The first-order valence-corrected chi connectivity index (χ1v) is 17.0. The summed E-state index contributed by atoms with van der Waals surface area (Å²) in [5.74, 6) is -2.81. The van der Waals surface area contributed by atoms with Crippen LogP contribution in [0.25, 0.3) is 12.2 Å². The summed E-state index contributed by atoms with van der Waals surface area (Å²) in [5, 5.41) is 0. The van der Waals surface area contributed by atoms with Crippen molar-refractivity contribution in [3.05, 3.63) is 47.5 Å². The van der Waals surface area contributed by atoms with Gasteiger partial charge in [0.05, 0.1) is 26.4 Å². The normalized spacial score (nSPS) is 40.8. The van der Waals surface area contributed by atoms with E-state index in [1.165, 1.54) is 0 Å². The highest BCUT2D eigenvalue weighted by Crippen LogP contribution is 2.44. The van der Waals surface area contributed by atoms with Crippen LogP contribution in [0.3, 0.4) is 0 Å². The van der Waals surface area contributed by atoms with E-state index in [9.17, 15) is 0 Å². The number of benzene rings is 1. The first kappa shape index (κ1) is 34.7. The standard InChI is InChI=1S/C36H50O12/c1-33(2)39-19-23(43-33)25-27-29(47-35(5,6)45-27)31(41-25)37-17-11-15-21-13-9-10-14-22(21)16-12-18-38-32-30-28(46-36(7,8)48-30)26(42-32)24-20-40-34(3,4)44-24/h9-16,23-32H,17-20H2,1-8H3/b15-11+,16-12+/t23-,24-,25-,26-,27+,28+,29+,30+,31+,32+/m1/s1. The van der Waals surface area contributed by atoms with Gasteiger partial charge in [0.15, 0.2) is 35.7 Å². The summed E-state index contributed by atoms with van der Waals surface area (Å²) >= 11 is 0. The maximum absolute atomic E-state index is 6.29. The quantitative estimate of drug-likeness (QED) is 0.348. The number of ether oxygens (including phenoxy) is 12. The smallest absolute Gasteiger partial charge is 0.187 e. The lowest BCUT2D eigenvalue weighted by molar-refractivity contribution is -0.245. The van der Waals surface area contributed by atoms with Crippen LogP contribution < -0.4 is 0 Å². The van der Waals surface area contributed by atoms with Gasteiger partial charge in [-0.2, -0.15) is 0 Å². The Bertz CT molecular complexity index is 1250. The summed E-state index contributed by atoms with van der Waals surface area (Å²) in [5.41, 5.74) is 2.07. The van der Waals surface area contributed by atoms with Crippen LogP contribution in [0, 0.1) is 0 Å². The summed E-state index contributed by atoms with van der Waals surface area (Å²) in [6, 6.07) is 8.11. The monoisotopic (exact) mass is 674 g/mol. The van der Waals surface area contributed by atoms with Gasteiger partial charge in [0, 0.05) is 0 Å². The highest BCUT2D eigenvalue weighted by Gasteiger charge is 2.60. The first-order chi connectivity index (χ1) is 22.7. The molecule has 0 unspecified atom stereocenters. The fourth-order valence-corrected chi connectivity index (χ4v) is 7.27. The van der Waals surface area contributed by atoms with Gasteiger partial charge >= 0.3 is 0 Å².